The van der Waals surface area contributed by atoms with Crippen LogP contribution >= 0.6 is 0 Å². The van der Waals surface area contributed by atoms with Crippen LogP contribution < -0.4 is 10.5 Å². The molecule has 144 valence electrons. The third-order valence-corrected chi connectivity index (χ3v) is 5.29. The summed E-state index contributed by atoms with van der Waals surface area (Å²) in [5.74, 6) is 0.311. The summed E-state index contributed by atoms with van der Waals surface area (Å²) < 4.78 is 17.8. The van der Waals surface area contributed by atoms with Crippen LogP contribution in [0.3, 0.4) is 0 Å². The molecule has 1 aliphatic rings. The van der Waals surface area contributed by atoms with Gasteiger partial charge < -0.3 is 15.5 Å². The molecule has 1 unspecified atom stereocenters. The molecule has 0 amide bonds. The molecule has 9 nitrogen and oxygen atoms in total. The monoisotopic (exact) mass is 389 g/mol. The number of rotatable bonds is 3. The van der Waals surface area contributed by atoms with Crippen molar-refractivity contribution in [1.82, 2.24) is 29.2 Å². The average Bonchev–Trinajstić information content (AvgIpc) is 3.17. The predicted octanol–water partition coefficient (Wildman–Crippen LogP) is 1.77. The number of anilines is 1. The van der Waals surface area contributed by atoms with Crippen LogP contribution in [0, 0.1) is 0 Å². The van der Waals surface area contributed by atoms with Gasteiger partial charge in [-0.1, -0.05) is 6.42 Å². The number of fused-ring (bicyclic) bond motifs is 1. The lowest BCUT2D eigenvalue weighted by atomic mass is 10.2. The van der Waals surface area contributed by atoms with Crippen molar-refractivity contribution in [3.8, 4) is 17.3 Å². The molecule has 0 radical (unpaired) electrons. The van der Waals surface area contributed by atoms with Crippen molar-refractivity contribution in [2.75, 3.05) is 32.2 Å². The molecule has 3 aromatic rings. The maximum atomic E-state index is 10.8. The van der Waals surface area contributed by atoms with E-state index in [1.807, 2.05) is 10.4 Å². The summed E-state index contributed by atoms with van der Waals surface area (Å²) in [7, 11) is 0.768. The van der Waals surface area contributed by atoms with Crippen LogP contribution in [0.5, 0.6) is 6.01 Å². The highest BCUT2D eigenvalue weighted by molar-refractivity contribution is 7.81. The Balaban J connectivity index is 0.000000197. The van der Waals surface area contributed by atoms with Gasteiger partial charge in [0.25, 0.3) is 0 Å². The summed E-state index contributed by atoms with van der Waals surface area (Å²) in [6.07, 6.45) is 10.5. The van der Waals surface area contributed by atoms with Gasteiger partial charge in [0.1, 0.15) is 11.3 Å². The maximum Gasteiger partial charge on any atom is 0.318 e. The lowest BCUT2D eigenvalue weighted by Gasteiger charge is -2.22. The summed E-state index contributed by atoms with van der Waals surface area (Å²) >= 11 is 0. The van der Waals surface area contributed by atoms with Crippen molar-refractivity contribution in [1.29, 1.82) is 0 Å². The van der Waals surface area contributed by atoms with Crippen LogP contribution in [0.2, 0.25) is 0 Å². The standard InChI is InChI=1S/C11H10N6O.C6H13NOS/c1-18-11-15-4-6(9(12)17-11)8-5-14-10-7(16-8)2-3-13-10;1-9(8)7-5-3-2-4-6-7/h2-5H,1H3,(H,13,14)(H2,12,15,17);2-6H2,1H3. The van der Waals surface area contributed by atoms with Crippen LogP contribution in [0.25, 0.3) is 22.4 Å². The predicted molar refractivity (Wildman–Crippen MR) is 105 cm³/mol. The fraction of sp³-hybridized carbons (Fsp3) is 0.412. The summed E-state index contributed by atoms with van der Waals surface area (Å²) in [5, 5.41) is 0. The fourth-order valence-electron chi connectivity index (χ4n) is 2.76. The summed E-state index contributed by atoms with van der Waals surface area (Å²) in [4.78, 5) is 19.7. The lowest BCUT2D eigenvalue weighted by Crippen LogP contribution is -2.30. The molecule has 1 saturated heterocycles. The first-order valence-electron chi connectivity index (χ1n) is 8.64. The maximum absolute atomic E-state index is 10.8. The normalized spacial score (nSPS) is 15.8. The third kappa shape index (κ3) is 4.77. The number of aromatic nitrogens is 5. The SMILES string of the molecule is COc1ncc(-c2cnc3[nH]ccc3n2)c(N)n1.CS(=O)N1CCCCC1. The Morgan fingerprint density at radius 3 is 2.59 bits per heavy atom. The Kier molecular flexibility index (Phi) is 6.30. The van der Waals surface area contributed by atoms with E-state index in [0.29, 0.717) is 17.1 Å². The van der Waals surface area contributed by atoms with E-state index >= 15 is 0 Å². The van der Waals surface area contributed by atoms with Crippen molar-refractivity contribution in [3.05, 3.63) is 24.7 Å². The van der Waals surface area contributed by atoms with Gasteiger partial charge in [-0.2, -0.15) is 4.98 Å². The van der Waals surface area contributed by atoms with Crippen molar-refractivity contribution >= 4 is 28.0 Å². The second-order valence-electron chi connectivity index (χ2n) is 6.04. The summed E-state index contributed by atoms with van der Waals surface area (Å²) in [6, 6.07) is 2.07. The number of nitrogen functional groups attached to an aromatic ring is 1. The van der Waals surface area contributed by atoms with Gasteiger partial charge in [0.2, 0.25) is 0 Å². The number of nitrogens with one attached hydrogen (secondary N) is 1. The van der Waals surface area contributed by atoms with Gasteiger partial charge >= 0.3 is 6.01 Å². The van der Waals surface area contributed by atoms with E-state index in [-0.39, 0.29) is 6.01 Å². The Bertz CT molecular complexity index is 925. The Hall–Kier alpha value is -2.59. The van der Waals surface area contributed by atoms with Gasteiger partial charge in [-0.05, 0) is 18.9 Å². The largest absolute Gasteiger partial charge is 0.467 e. The number of hydrogen-bond acceptors (Lipinski definition) is 7. The van der Waals surface area contributed by atoms with Crippen LogP contribution in [-0.2, 0) is 11.0 Å². The zero-order chi connectivity index (χ0) is 19.2. The van der Waals surface area contributed by atoms with Gasteiger partial charge in [-0.3, -0.25) is 0 Å². The summed E-state index contributed by atoms with van der Waals surface area (Å²) in [6.45, 7) is 2.06. The van der Waals surface area contributed by atoms with Crippen molar-refractivity contribution < 1.29 is 8.95 Å². The molecule has 1 fully saturated rings. The number of nitrogens with two attached hydrogens (primary N) is 1. The highest BCUT2D eigenvalue weighted by atomic mass is 32.2. The summed E-state index contributed by atoms with van der Waals surface area (Å²) in [5.41, 5.74) is 8.59. The van der Waals surface area contributed by atoms with Crippen LogP contribution in [-0.4, -0.2) is 59.9 Å². The minimum absolute atomic E-state index is 0.229. The van der Waals surface area contributed by atoms with E-state index in [1.165, 1.54) is 26.4 Å². The van der Waals surface area contributed by atoms with Gasteiger partial charge in [0.05, 0.1) is 35.5 Å². The minimum Gasteiger partial charge on any atom is -0.467 e. The molecule has 3 N–H and O–H groups in total. The smallest absolute Gasteiger partial charge is 0.318 e. The number of nitrogens with zero attached hydrogens (tertiary/aromatic N) is 5. The van der Waals surface area contributed by atoms with Crippen LogP contribution in [0.1, 0.15) is 19.3 Å². The van der Waals surface area contributed by atoms with Crippen molar-refractivity contribution in [2.45, 2.75) is 19.3 Å². The molecule has 0 aliphatic carbocycles. The molecule has 1 aliphatic heterocycles. The molecule has 3 aromatic heterocycles. The highest BCUT2D eigenvalue weighted by Crippen LogP contribution is 2.23. The second kappa shape index (κ2) is 8.87. The van der Waals surface area contributed by atoms with Crippen molar-refractivity contribution in [3.63, 3.8) is 0 Å². The zero-order valence-corrected chi connectivity index (χ0v) is 16.2. The van der Waals surface area contributed by atoms with Crippen LogP contribution in [0.4, 0.5) is 5.82 Å². The number of aromatic amines is 1. The third-order valence-electron chi connectivity index (χ3n) is 4.19. The Labute approximate surface area is 160 Å². The number of ether oxygens (including phenoxy) is 1. The molecule has 0 bridgehead atoms. The first kappa shape index (κ1) is 19.2. The number of H-pyrrole nitrogens is 1. The Morgan fingerprint density at radius 2 is 1.96 bits per heavy atom. The van der Waals surface area contributed by atoms with E-state index in [4.69, 9.17) is 10.5 Å². The molecule has 10 heteroatoms. The average molecular weight is 389 g/mol. The first-order chi connectivity index (χ1) is 13.1. The minimum atomic E-state index is -0.719. The molecular weight excluding hydrogens is 366 g/mol. The van der Waals surface area contributed by atoms with E-state index in [9.17, 15) is 4.21 Å². The zero-order valence-electron chi connectivity index (χ0n) is 15.4. The fourth-order valence-corrected chi connectivity index (χ4v) is 3.53. The molecule has 0 saturated carbocycles. The van der Waals surface area contributed by atoms with Crippen molar-refractivity contribution in [2.24, 2.45) is 0 Å². The van der Waals surface area contributed by atoms with Gasteiger partial charge in [0, 0.05) is 31.7 Å². The topological polar surface area (TPSA) is 123 Å². The number of piperidine rings is 1. The molecule has 0 aromatic carbocycles. The van der Waals surface area contributed by atoms with Gasteiger partial charge in [-0.15, -0.1) is 0 Å². The Morgan fingerprint density at radius 1 is 1.19 bits per heavy atom. The van der Waals surface area contributed by atoms with E-state index in [0.717, 1.165) is 24.3 Å². The van der Waals surface area contributed by atoms with E-state index in [1.54, 1.807) is 24.8 Å². The molecule has 1 atom stereocenters. The first-order valence-corrected chi connectivity index (χ1v) is 10.2. The van der Waals surface area contributed by atoms with E-state index in [2.05, 4.69) is 24.9 Å². The molecular formula is C17H23N7O2S. The number of methoxy groups -OCH3 is 1. The molecule has 4 rings (SSSR count). The number of hydrogen-bond donors (Lipinski definition) is 2. The molecule has 27 heavy (non-hydrogen) atoms. The van der Waals surface area contributed by atoms with E-state index < -0.39 is 11.0 Å². The van der Waals surface area contributed by atoms with Gasteiger partial charge in [0.15, 0.2) is 5.65 Å². The van der Waals surface area contributed by atoms with Gasteiger partial charge in [-0.25, -0.2) is 23.5 Å². The second-order valence-corrected chi connectivity index (χ2v) is 7.40. The van der Waals surface area contributed by atoms with Crippen LogP contribution in [0.15, 0.2) is 24.7 Å². The highest BCUT2D eigenvalue weighted by Gasteiger charge is 2.12. The lowest BCUT2D eigenvalue weighted by molar-refractivity contribution is 0.367. The quantitative estimate of drug-likeness (QED) is 0.700. The molecule has 4 heterocycles. The molecule has 0 spiro atoms.